The molecule has 1 atom stereocenters. The van der Waals surface area contributed by atoms with Crippen molar-refractivity contribution in [2.75, 3.05) is 0 Å². The monoisotopic (exact) mass is 306 g/mol. The zero-order valence-corrected chi connectivity index (χ0v) is 12.9. The van der Waals surface area contributed by atoms with Crippen molar-refractivity contribution in [1.29, 1.82) is 0 Å². The molecule has 3 aromatic heterocycles. The van der Waals surface area contributed by atoms with E-state index in [1.54, 1.807) is 11.3 Å². The number of aromatic nitrogens is 3. The highest BCUT2D eigenvalue weighted by Gasteiger charge is 2.10. The topological polar surface area (TPSA) is 42.2 Å². The van der Waals surface area contributed by atoms with Crippen molar-refractivity contribution in [2.45, 2.75) is 26.4 Å². The molecule has 0 saturated carbocycles. The Hall–Kier alpha value is -1.43. The minimum absolute atomic E-state index is 0.224. The lowest BCUT2D eigenvalue weighted by atomic mass is 10.3. The molecule has 0 fully saturated rings. The Kier molecular flexibility index (Phi) is 3.74. The number of nitrogens with one attached hydrogen (secondary N) is 1. The molecular formula is C14H15ClN4S. The molecule has 0 bridgehead atoms. The summed E-state index contributed by atoms with van der Waals surface area (Å²) in [5, 5.41) is 7.33. The van der Waals surface area contributed by atoms with Gasteiger partial charge in [0.05, 0.1) is 16.8 Å². The van der Waals surface area contributed by atoms with E-state index < -0.39 is 0 Å². The van der Waals surface area contributed by atoms with Crippen LogP contribution in [0.3, 0.4) is 0 Å². The highest BCUT2D eigenvalue weighted by Crippen LogP contribution is 2.18. The van der Waals surface area contributed by atoms with Crippen LogP contribution in [0.5, 0.6) is 0 Å². The highest BCUT2D eigenvalue weighted by molar-refractivity contribution is 7.09. The number of aryl methyl sites for hydroxylation is 1. The lowest BCUT2D eigenvalue weighted by molar-refractivity contribution is 0.565. The molecule has 0 radical (unpaired) electrons. The second-order valence-corrected chi connectivity index (χ2v) is 6.10. The van der Waals surface area contributed by atoms with Gasteiger partial charge in [0.15, 0.2) is 0 Å². The van der Waals surface area contributed by atoms with Gasteiger partial charge in [-0.1, -0.05) is 11.6 Å². The van der Waals surface area contributed by atoms with Crippen molar-refractivity contribution in [3.63, 3.8) is 0 Å². The number of imidazole rings is 1. The van der Waals surface area contributed by atoms with Crippen LogP contribution in [0.15, 0.2) is 29.9 Å². The average molecular weight is 307 g/mol. The summed E-state index contributed by atoms with van der Waals surface area (Å²) in [5.74, 6) is 0. The average Bonchev–Trinajstić information content (AvgIpc) is 3.01. The lowest BCUT2D eigenvalue weighted by Crippen LogP contribution is -2.18. The van der Waals surface area contributed by atoms with Gasteiger partial charge in [0, 0.05) is 30.0 Å². The number of halogens is 1. The van der Waals surface area contributed by atoms with Crippen molar-refractivity contribution in [3.8, 4) is 0 Å². The van der Waals surface area contributed by atoms with Crippen molar-refractivity contribution in [1.82, 2.24) is 19.7 Å². The predicted molar refractivity (Wildman–Crippen MR) is 82.3 cm³/mol. The molecule has 0 aliphatic carbocycles. The molecule has 0 amide bonds. The minimum Gasteiger partial charge on any atom is -0.305 e. The second kappa shape index (κ2) is 5.52. The Bertz CT molecular complexity index is 734. The summed E-state index contributed by atoms with van der Waals surface area (Å²) >= 11 is 7.65. The molecule has 0 aliphatic heterocycles. The van der Waals surface area contributed by atoms with E-state index in [0.29, 0.717) is 11.6 Å². The van der Waals surface area contributed by atoms with E-state index in [4.69, 9.17) is 11.6 Å². The van der Waals surface area contributed by atoms with E-state index in [2.05, 4.69) is 27.6 Å². The first-order chi connectivity index (χ1) is 9.61. The second-order valence-electron chi connectivity index (χ2n) is 4.77. The third-order valence-electron chi connectivity index (χ3n) is 3.06. The molecule has 6 heteroatoms. The number of thiazole rings is 1. The molecular weight excluding hydrogens is 292 g/mol. The number of rotatable bonds is 4. The lowest BCUT2D eigenvalue weighted by Gasteiger charge is -2.09. The predicted octanol–water partition coefficient (Wildman–Crippen LogP) is 3.60. The molecule has 0 aromatic carbocycles. The standard InChI is InChI=1S/C14H15ClN4S/c1-9-8-20-14(17-9)10(2)16-5-12-7-19-6-11(15)3-4-13(19)18-12/h3-4,6-8,10,16H,5H2,1-2H3. The van der Waals surface area contributed by atoms with Crippen LogP contribution in [0, 0.1) is 6.92 Å². The minimum atomic E-state index is 0.224. The summed E-state index contributed by atoms with van der Waals surface area (Å²) in [5.41, 5.74) is 2.97. The van der Waals surface area contributed by atoms with Gasteiger partial charge in [-0.15, -0.1) is 11.3 Å². The summed E-state index contributed by atoms with van der Waals surface area (Å²) in [6.07, 6.45) is 3.86. The third-order valence-corrected chi connectivity index (χ3v) is 4.43. The van der Waals surface area contributed by atoms with Gasteiger partial charge in [0.1, 0.15) is 10.7 Å². The summed E-state index contributed by atoms with van der Waals surface area (Å²) in [6, 6.07) is 3.99. The van der Waals surface area contributed by atoms with Crippen LogP contribution in [0.25, 0.3) is 5.65 Å². The fourth-order valence-corrected chi connectivity index (χ4v) is 3.01. The Morgan fingerprint density at radius 2 is 2.20 bits per heavy atom. The van der Waals surface area contributed by atoms with Crippen LogP contribution < -0.4 is 5.32 Å². The van der Waals surface area contributed by atoms with Crippen LogP contribution >= 0.6 is 22.9 Å². The fourth-order valence-electron chi connectivity index (χ4n) is 2.02. The van der Waals surface area contributed by atoms with E-state index in [1.165, 1.54) is 0 Å². The Balaban J connectivity index is 1.70. The van der Waals surface area contributed by atoms with Gasteiger partial charge in [-0.2, -0.15) is 0 Å². The summed E-state index contributed by atoms with van der Waals surface area (Å²) in [7, 11) is 0. The van der Waals surface area contributed by atoms with Crippen molar-refractivity contribution in [3.05, 3.63) is 51.3 Å². The smallest absolute Gasteiger partial charge is 0.137 e. The molecule has 104 valence electrons. The van der Waals surface area contributed by atoms with Gasteiger partial charge in [-0.25, -0.2) is 9.97 Å². The van der Waals surface area contributed by atoms with E-state index in [0.717, 1.165) is 22.0 Å². The Labute approximate surface area is 126 Å². The number of nitrogens with zero attached hydrogens (tertiary/aromatic N) is 3. The summed E-state index contributed by atoms with van der Waals surface area (Å²) in [4.78, 5) is 9.04. The number of fused-ring (bicyclic) bond motifs is 1. The maximum Gasteiger partial charge on any atom is 0.137 e. The van der Waals surface area contributed by atoms with Crippen LogP contribution in [0.1, 0.15) is 29.4 Å². The number of hydrogen-bond acceptors (Lipinski definition) is 4. The molecule has 3 aromatic rings. The molecule has 0 saturated heterocycles. The van der Waals surface area contributed by atoms with E-state index in [1.807, 2.05) is 35.9 Å². The van der Waals surface area contributed by atoms with Gasteiger partial charge in [0.2, 0.25) is 0 Å². The van der Waals surface area contributed by atoms with Crippen molar-refractivity contribution >= 4 is 28.6 Å². The van der Waals surface area contributed by atoms with Gasteiger partial charge >= 0.3 is 0 Å². The first-order valence-electron chi connectivity index (χ1n) is 6.40. The Morgan fingerprint density at radius 1 is 1.35 bits per heavy atom. The zero-order chi connectivity index (χ0) is 14.1. The number of hydrogen-bond donors (Lipinski definition) is 1. The first-order valence-corrected chi connectivity index (χ1v) is 7.66. The van der Waals surface area contributed by atoms with Crippen LogP contribution in [0.4, 0.5) is 0 Å². The molecule has 20 heavy (non-hydrogen) atoms. The van der Waals surface area contributed by atoms with Gasteiger partial charge in [0.25, 0.3) is 0 Å². The van der Waals surface area contributed by atoms with Crippen LogP contribution in [0.2, 0.25) is 5.02 Å². The number of pyridine rings is 1. The maximum absolute atomic E-state index is 5.97. The summed E-state index contributed by atoms with van der Waals surface area (Å²) in [6.45, 7) is 4.84. The van der Waals surface area contributed by atoms with E-state index in [-0.39, 0.29) is 6.04 Å². The summed E-state index contributed by atoms with van der Waals surface area (Å²) < 4.78 is 1.94. The third kappa shape index (κ3) is 2.85. The highest BCUT2D eigenvalue weighted by atomic mass is 35.5. The van der Waals surface area contributed by atoms with Crippen LogP contribution in [-0.2, 0) is 6.54 Å². The van der Waals surface area contributed by atoms with Crippen molar-refractivity contribution < 1.29 is 0 Å². The van der Waals surface area contributed by atoms with Crippen molar-refractivity contribution in [2.24, 2.45) is 0 Å². The largest absolute Gasteiger partial charge is 0.305 e. The van der Waals surface area contributed by atoms with Gasteiger partial charge in [-0.05, 0) is 26.0 Å². The molecule has 1 unspecified atom stereocenters. The normalized spacial score (nSPS) is 12.9. The van der Waals surface area contributed by atoms with Gasteiger partial charge < -0.3 is 9.72 Å². The molecule has 3 rings (SSSR count). The van der Waals surface area contributed by atoms with Gasteiger partial charge in [-0.3, -0.25) is 0 Å². The SMILES string of the molecule is Cc1csc(C(C)NCc2cn3cc(Cl)ccc3n2)n1. The van der Waals surface area contributed by atoms with Crippen LogP contribution in [-0.4, -0.2) is 14.4 Å². The van der Waals surface area contributed by atoms with E-state index >= 15 is 0 Å². The Morgan fingerprint density at radius 3 is 2.95 bits per heavy atom. The molecule has 0 spiro atoms. The first kappa shape index (κ1) is 13.5. The van der Waals surface area contributed by atoms with E-state index in [9.17, 15) is 0 Å². The molecule has 0 aliphatic rings. The molecule has 4 nitrogen and oxygen atoms in total. The molecule has 3 heterocycles. The zero-order valence-electron chi connectivity index (χ0n) is 11.3. The molecule has 1 N–H and O–H groups in total. The fraction of sp³-hybridized carbons (Fsp3) is 0.286. The maximum atomic E-state index is 5.97. The quantitative estimate of drug-likeness (QED) is 0.801.